The van der Waals surface area contributed by atoms with Gasteiger partial charge in [-0.2, -0.15) is 0 Å². The molecule has 8 heteroatoms. The van der Waals surface area contributed by atoms with Gasteiger partial charge in [0, 0.05) is 56.1 Å². The molecule has 214 valence electrons. The Labute approximate surface area is 242 Å². The average molecular weight is 554 g/mol. The normalized spacial score (nSPS) is 17.6. The van der Waals surface area contributed by atoms with Gasteiger partial charge in [0.1, 0.15) is 6.04 Å². The first-order valence-electron chi connectivity index (χ1n) is 14.5. The number of benzene rings is 3. The van der Waals surface area contributed by atoms with Gasteiger partial charge in [-0.25, -0.2) is 4.79 Å². The maximum Gasteiger partial charge on any atom is 0.321 e. The van der Waals surface area contributed by atoms with Crippen molar-refractivity contribution in [1.82, 2.24) is 14.7 Å². The molecule has 8 nitrogen and oxygen atoms in total. The molecule has 3 aromatic carbocycles. The lowest BCUT2D eigenvalue weighted by Crippen LogP contribution is -2.48. The van der Waals surface area contributed by atoms with Gasteiger partial charge in [0.05, 0.1) is 5.69 Å². The second kappa shape index (κ2) is 13.1. The number of hydrogen-bond donors (Lipinski definition) is 2. The lowest BCUT2D eigenvalue weighted by molar-refractivity contribution is -0.122. The summed E-state index contributed by atoms with van der Waals surface area (Å²) in [6.07, 6.45) is 1.96. The average Bonchev–Trinajstić information content (AvgIpc) is 3.00. The lowest BCUT2D eigenvalue weighted by Gasteiger charge is -2.37. The zero-order chi connectivity index (χ0) is 28.8. The predicted molar refractivity (Wildman–Crippen MR) is 162 cm³/mol. The minimum Gasteiger partial charge on any atom is -0.325 e. The molecular formula is C33H39N5O3. The van der Waals surface area contributed by atoms with Gasteiger partial charge < -0.3 is 20.4 Å². The van der Waals surface area contributed by atoms with E-state index in [4.69, 9.17) is 0 Å². The molecule has 2 heterocycles. The Morgan fingerprint density at radius 3 is 2.07 bits per heavy atom. The Bertz CT molecular complexity index is 1350. The van der Waals surface area contributed by atoms with Gasteiger partial charge in [-0.3, -0.25) is 14.5 Å². The molecule has 0 aliphatic carbocycles. The highest BCUT2D eigenvalue weighted by molar-refractivity contribution is 6.15. The third-order valence-corrected chi connectivity index (χ3v) is 8.15. The number of piperazine rings is 1. The van der Waals surface area contributed by atoms with E-state index in [9.17, 15) is 14.4 Å². The summed E-state index contributed by atoms with van der Waals surface area (Å²) in [4.78, 5) is 46.9. The zero-order valence-electron chi connectivity index (χ0n) is 23.9. The highest BCUT2D eigenvalue weighted by atomic mass is 16.2. The number of nitrogens with zero attached hydrogens (tertiary/aromatic N) is 3. The van der Waals surface area contributed by atoms with E-state index in [-0.39, 0.29) is 17.7 Å². The summed E-state index contributed by atoms with van der Waals surface area (Å²) in [5.74, 6) is 0.198. The summed E-state index contributed by atoms with van der Waals surface area (Å²) in [6, 6.07) is 23.2. The largest absolute Gasteiger partial charge is 0.325 e. The van der Waals surface area contributed by atoms with E-state index in [0.29, 0.717) is 41.5 Å². The zero-order valence-corrected chi connectivity index (χ0v) is 23.9. The molecule has 2 aliphatic rings. The number of likely N-dealkylation sites (tertiary alicyclic amines) is 1. The van der Waals surface area contributed by atoms with Crippen molar-refractivity contribution >= 4 is 29.1 Å². The molecule has 3 amide bonds. The molecule has 1 atom stereocenters. The van der Waals surface area contributed by atoms with Crippen LogP contribution in [0.25, 0.3) is 0 Å². The van der Waals surface area contributed by atoms with Gasteiger partial charge in [-0.05, 0) is 49.6 Å². The molecule has 0 saturated carbocycles. The van der Waals surface area contributed by atoms with Crippen LogP contribution in [0.5, 0.6) is 0 Å². The van der Waals surface area contributed by atoms with E-state index in [0.717, 1.165) is 44.6 Å². The fourth-order valence-electron chi connectivity index (χ4n) is 5.52. The number of urea groups is 1. The smallest absolute Gasteiger partial charge is 0.321 e. The van der Waals surface area contributed by atoms with Crippen molar-refractivity contribution in [2.75, 3.05) is 56.9 Å². The van der Waals surface area contributed by atoms with Crippen molar-refractivity contribution in [3.05, 3.63) is 95.6 Å². The van der Waals surface area contributed by atoms with Crippen LogP contribution in [0.2, 0.25) is 0 Å². The Balaban J connectivity index is 1.43. The van der Waals surface area contributed by atoms with Crippen LogP contribution in [0.15, 0.2) is 78.9 Å². The van der Waals surface area contributed by atoms with Crippen molar-refractivity contribution in [3.8, 4) is 0 Å². The molecule has 1 unspecified atom stereocenters. The van der Waals surface area contributed by atoms with Gasteiger partial charge in [0.15, 0.2) is 5.78 Å². The van der Waals surface area contributed by atoms with Crippen LogP contribution in [0, 0.1) is 5.92 Å². The second-order valence-electron chi connectivity index (χ2n) is 11.2. The quantitative estimate of drug-likeness (QED) is 0.398. The standard InChI is InChI=1S/C33H39N5O3/c1-24-15-17-38(18-16-24)33(41)34-27-13-14-29(28(23-27)31(39)26-11-7-4-8-12-26)35-32(40)30(25-9-5-3-6-10-25)37-21-19-36(2)20-22-37/h3-14,23-24,30H,15-22H2,1-2H3,(H,34,41)(H,35,40). The molecule has 2 aliphatic heterocycles. The highest BCUT2D eigenvalue weighted by Gasteiger charge is 2.31. The van der Waals surface area contributed by atoms with E-state index in [1.165, 1.54) is 0 Å². The van der Waals surface area contributed by atoms with Gasteiger partial charge in [-0.15, -0.1) is 0 Å². The topological polar surface area (TPSA) is 85.0 Å². The molecule has 2 fully saturated rings. The van der Waals surface area contributed by atoms with Crippen LogP contribution in [0.4, 0.5) is 16.2 Å². The summed E-state index contributed by atoms with van der Waals surface area (Å²) in [6.45, 7) is 6.90. The maximum atomic E-state index is 13.9. The number of ketones is 1. The van der Waals surface area contributed by atoms with Crippen molar-refractivity contribution in [3.63, 3.8) is 0 Å². The third kappa shape index (κ3) is 7.01. The molecule has 3 aromatic rings. The van der Waals surface area contributed by atoms with E-state index >= 15 is 0 Å². The fourth-order valence-corrected chi connectivity index (χ4v) is 5.52. The maximum absolute atomic E-state index is 13.9. The third-order valence-electron chi connectivity index (χ3n) is 8.15. The Morgan fingerprint density at radius 2 is 1.41 bits per heavy atom. The summed E-state index contributed by atoms with van der Waals surface area (Å²) < 4.78 is 0. The fraction of sp³-hybridized carbons (Fsp3) is 0.364. The molecule has 0 bridgehead atoms. The molecule has 41 heavy (non-hydrogen) atoms. The van der Waals surface area contributed by atoms with Gasteiger partial charge >= 0.3 is 6.03 Å². The number of carbonyl (C=O) groups is 3. The predicted octanol–water partition coefficient (Wildman–Crippen LogP) is 5.11. The summed E-state index contributed by atoms with van der Waals surface area (Å²) >= 11 is 0. The number of anilines is 2. The molecular weight excluding hydrogens is 514 g/mol. The van der Waals surface area contributed by atoms with Crippen LogP contribution in [-0.4, -0.2) is 78.7 Å². The minimum absolute atomic E-state index is 0.175. The minimum atomic E-state index is -0.495. The van der Waals surface area contributed by atoms with E-state index in [2.05, 4.69) is 34.4 Å². The molecule has 2 saturated heterocycles. The van der Waals surface area contributed by atoms with Crippen molar-refractivity contribution < 1.29 is 14.4 Å². The molecule has 0 radical (unpaired) electrons. The Morgan fingerprint density at radius 1 is 0.780 bits per heavy atom. The Kier molecular flexibility index (Phi) is 9.11. The van der Waals surface area contributed by atoms with Crippen molar-refractivity contribution in [1.29, 1.82) is 0 Å². The summed E-state index contributed by atoms with van der Waals surface area (Å²) in [5.41, 5.74) is 2.69. The molecule has 5 rings (SSSR count). The molecule has 0 aromatic heterocycles. The number of likely N-dealkylation sites (N-methyl/N-ethyl adjacent to an activating group) is 1. The number of piperidine rings is 1. The number of hydrogen-bond acceptors (Lipinski definition) is 5. The first kappa shape index (κ1) is 28.5. The van der Waals surface area contributed by atoms with E-state index in [1.807, 2.05) is 53.4 Å². The van der Waals surface area contributed by atoms with Gasteiger partial charge in [-0.1, -0.05) is 67.6 Å². The first-order valence-corrected chi connectivity index (χ1v) is 14.5. The van der Waals surface area contributed by atoms with Crippen LogP contribution < -0.4 is 10.6 Å². The molecule has 2 N–H and O–H groups in total. The number of rotatable bonds is 7. The van der Waals surface area contributed by atoms with Gasteiger partial charge in [0.25, 0.3) is 0 Å². The second-order valence-corrected chi connectivity index (χ2v) is 11.2. The van der Waals surface area contributed by atoms with E-state index < -0.39 is 6.04 Å². The number of amides is 3. The first-order chi connectivity index (χ1) is 19.9. The summed E-state index contributed by atoms with van der Waals surface area (Å²) in [7, 11) is 2.09. The van der Waals surface area contributed by atoms with E-state index in [1.54, 1.807) is 30.3 Å². The van der Waals surface area contributed by atoms with Crippen LogP contribution in [0.1, 0.15) is 47.3 Å². The SMILES string of the molecule is CC1CCN(C(=O)Nc2ccc(NC(=O)C(c3ccccc3)N3CCN(C)CC3)c(C(=O)c3ccccc3)c2)CC1. The summed E-state index contributed by atoms with van der Waals surface area (Å²) in [5, 5.41) is 6.05. The lowest BCUT2D eigenvalue weighted by atomic mass is 9.99. The highest BCUT2D eigenvalue weighted by Crippen LogP contribution is 2.28. The monoisotopic (exact) mass is 553 g/mol. The van der Waals surface area contributed by atoms with Crippen LogP contribution in [0.3, 0.4) is 0 Å². The Hall–Kier alpha value is -4.01. The van der Waals surface area contributed by atoms with Crippen LogP contribution >= 0.6 is 0 Å². The van der Waals surface area contributed by atoms with Crippen molar-refractivity contribution in [2.45, 2.75) is 25.8 Å². The van der Waals surface area contributed by atoms with Crippen molar-refractivity contribution in [2.24, 2.45) is 5.92 Å². The number of nitrogens with one attached hydrogen (secondary N) is 2. The number of carbonyl (C=O) groups excluding carboxylic acids is 3. The molecule has 0 spiro atoms. The van der Waals surface area contributed by atoms with Crippen LogP contribution in [-0.2, 0) is 4.79 Å². The van der Waals surface area contributed by atoms with Gasteiger partial charge in [0.2, 0.25) is 5.91 Å².